The van der Waals surface area contributed by atoms with Crippen molar-refractivity contribution >= 4 is 29.9 Å². The largest absolute Gasteiger partial charge is 0.331 e. The van der Waals surface area contributed by atoms with Crippen LogP contribution < -0.4 is 5.32 Å². The molecule has 1 unspecified atom stereocenters. The van der Waals surface area contributed by atoms with Gasteiger partial charge in [0.1, 0.15) is 6.54 Å². The SMILES string of the molecule is Cc1nn(CC(=O)N2CCNCC2c2cccnc2)c(C)c1Cl.Cl. The van der Waals surface area contributed by atoms with E-state index in [9.17, 15) is 4.79 Å². The molecule has 3 rings (SSSR count). The highest BCUT2D eigenvalue weighted by molar-refractivity contribution is 6.31. The summed E-state index contributed by atoms with van der Waals surface area (Å²) in [6, 6.07) is 3.90. The van der Waals surface area contributed by atoms with Gasteiger partial charge >= 0.3 is 0 Å². The number of rotatable bonds is 3. The van der Waals surface area contributed by atoms with Gasteiger partial charge in [-0.05, 0) is 25.5 Å². The molecule has 0 aromatic carbocycles. The maximum atomic E-state index is 12.8. The topological polar surface area (TPSA) is 63.1 Å². The molecule has 0 bridgehead atoms. The Morgan fingerprint density at radius 3 is 2.88 bits per heavy atom. The Balaban J connectivity index is 0.00000208. The Hall–Kier alpha value is -1.63. The molecule has 0 aliphatic carbocycles. The molecule has 24 heavy (non-hydrogen) atoms. The van der Waals surface area contributed by atoms with Gasteiger partial charge in [-0.25, -0.2) is 0 Å². The average molecular weight is 370 g/mol. The molecule has 0 spiro atoms. The highest BCUT2D eigenvalue weighted by Gasteiger charge is 2.28. The molecule has 1 amide bonds. The number of carbonyl (C=O) groups is 1. The zero-order chi connectivity index (χ0) is 16.4. The summed E-state index contributed by atoms with van der Waals surface area (Å²) in [5.41, 5.74) is 2.62. The summed E-state index contributed by atoms with van der Waals surface area (Å²) in [5, 5.41) is 8.32. The van der Waals surface area contributed by atoms with Crippen molar-refractivity contribution in [2.24, 2.45) is 0 Å². The first-order valence-corrected chi connectivity index (χ1v) is 8.05. The van der Waals surface area contributed by atoms with Crippen LogP contribution in [0.2, 0.25) is 5.02 Å². The maximum Gasteiger partial charge on any atom is 0.244 e. The van der Waals surface area contributed by atoms with E-state index in [0.717, 1.165) is 30.0 Å². The molecule has 1 aliphatic heterocycles. The summed E-state index contributed by atoms with van der Waals surface area (Å²) in [6.45, 7) is 6.13. The van der Waals surface area contributed by atoms with Crippen LogP contribution in [0.4, 0.5) is 0 Å². The van der Waals surface area contributed by atoms with E-state index >= 15 is 0 Å². The molecule has 2 aromatic rings. The minimum Gasteiger partial charge on any atom is -0.331 e. The standard InChI is InChI=1S/C16H20ClN5O.ClH/c1-11-16(17)12(2)22(20-11)10-15(23)21-7-6-19-9-14(21)13-4-3-5-18-8-13;/h3-5,8,14,19H,6-7,9-10H2,1-2H3;1H. The van der Waals surface area contributed by atoms with Gasteiger partial charge in [0.2, 0.25) is 5.91 Å². The van der Waals surface area contributed by atoms with E-state index in [2.05, 4.69) is 15.4 Å². The maximum absolute atomic E-state index is 12.8. The third-order valence-corrected chi connectivity index (χ3v) is 4.76. The molecule has 1 N–H and O–H groups in total. The Morgan fingerprint density at radius 2 is 2.25 bits per heavy atom. The summed E-state index contributed by atoms with van der Waals surface area (Å²) in [5.74, 6) is 0.0441. The number of nitrogens with one attached hydrogen (secondary N) is 1. The zero-order valence-electron chi connectivity index (χ0n) is 13.7. The highest BCUT2D eigenvalue weighted by Crippen LogP contribution is 2.23. The van der Waals surface area contributed by atoms with Gasteiger partial charge in [-0.2, -0.15) is 5.10 Å². The highest BCUT2D eigenvalue weighted by atomic mass is 35.5. The van der Waals surface area contributed by atoms with Crippen molar-refractivity contribution < 1.29 is 4.79 Å². The summed E-state index contributed by atoms with van der Waals surface area (Å²) >= 11 is 6.17. The molecule has 6 nitrogen and oxygen atoms in total. The fourth-order valence-corrected chi connectivity index (χ4v) is 3.06. The van der Waals surface area contributed by atoms with Gasteiger partial charge < -0.3 is 10.2 Å². The van der Waals surface area contributed by atoms with Crippen molar-refractivity contribution in [3.8, 4) is 0 Å². The van der Waals surface area contributed by atoms with E-state index in [-0.39, 0.29) is 30.9 Å². The summed E-state index contributed by atoms with van der Waals surface area (Å²) in [7, 11) is 0. The third-order valence-electron chi connectivity index (χ3n) is 4.21. The van der Waals surface area contributed by atoms with Crippen LogP contribution in [0.5, 0.6) is 0 Å². The molecule has 0 saturated carbocycles. The lowest BCUT2D eigenvalue weighted by atomic mass is 10.1. The van der Waals surface area contributed by atoms with Gasteiger partial charge in [-0.3, -0.25) is 14.5 Å². The lowest BCUT2D eigenvalue weighted by Gasteiger charge is -2.36. The monoisotopic (exact) mass is 369 g/mol. The zero-order valence-corrected chi connectivity index (χ0v) is 15.3. The van der Waals surface area contributed by atoms with Crippen molar-refractivity contribution in [3.05, 3.63) is 46.5 Å². The van der Waals surface area contributed by atoms with Gasteiger partial charge in [0, 0.05) is 32.0 Å². The first-order chi connectivity index (χ1) is 11.1. The van der Waals surface area contributed by atoms with Crippen LogP contribution in [-0.4, -0.2) is 45.2 Å². The van der Waals surface area contributed by atoms with Crippen LogP contribution in [0.25, 0.3) is 0 Å². The first-order valence-electron chi connectivity index (χ1n) is 7.67. The number of hydrogen-bond donors (Lipinski definition) is 1. The third kappa shape index (κ3) is 3.71. The lowest BCUT2D eigenvalue weighted by Crippen LogP contribution is -2.49. The molecule has 1 atom stereocenters. The molecule has 1 aliphatic rings. The van der Waals surface area contributed by atoms with Crippen molar-refractivity contribution in [3.63, 3.8) is 0 Å². The van der Waals surface area contributed by atoms with E-state index in [1.807, 2.05) is 37.1 Å². The Bertz CT molecular complexity index is 704. The fraction of sp³-hybridized carbons (Fsp3) is 0.438. The Labute approximate surface area is 152 Å². The number of piperazine rings is 1. The number of aryl methyl sites for hydroxylation is 1. The number of aromatic nitrogens is 3. The second-order valence-electron chi connectivity index (χ2n) is 5.74. The summed E-state index contributed by atoms with van der Waals surface area (Å²) < 4.78 is 1.68. The smallest absolute Gasteiger partial charge is 0.244 e. The summed E-state index contributed by atoms with van der Waals surface area (Å²) in [6.07, 6.45) is 3.56. The van der Waals surface area contributed by atoms with Crippen LogP contribution in [0.15, 0.2) is 24.5 Å². The first kappa shape index (κ1) is 18.7. The second kappa shape index (κ2) is 7.96. The molecule has 0 radical (unpaired) electrons. The van der Waals surface area contributed by atoms with Crippen LogP contribution >= 0.6 is 24.0 Å². The van der Waals surface area contributed by atoms with E-state index in [0.29, 0.717) is 11.6 Å². The number of carbonyl (C=O) groups excluding carboxylic acids is 1. The number of halogens is 2. The number of nitrogens with zero attached hydrogens (tertiary/aromatic N) is 4. The van der Waals surface area contributed by atoms with Crippen molar-refractivity contribution in [1.29, 1.82) is 0 Å². The molecule has 2 aromatic heterocycles. The summed E-state index contributed by atoms with van der Waals surface area (Å²) in [4.78, 5) is 18.9. The van der Waals surface area contributed by atoms with Crippen molar-refractivity contribution in [2.45, 2.75) is 26.4 Å². The predicted molar refractivity (Wildman–Crippen MR) is 95.5 cm³/mol. The molecule has 1 saturated heterocycles. The molecule has 130 valence electrons. The van der Waals surface area contributed by atoms with Gasteiger partial charge in [-0.15, -0.1) is 12.4 Å². The molecule has 3 heterocycles. The number of hydrogen-bond acceptors (Lipinski definition) is 4. The van der Waals surface area contributed by atoms with Crippen LogP contribution in [0.1, 0.15) is 23.0 Å². The predicted octanol–water partition coefficient (Wildman–Crippen LogP) is 2.14. The fourth-order valence-electron chi connectivity index (χ4n) is 2.92. The van der Waals surface area contributed by atoms with Crippen LogP contribution in [-0.2, 0) is 11.3 Å². The van der Waals surface area contributed by atoms with E-state index in [1.54, 1.807) is 10.9 Å². The van der Waals surface area contributed by atoms with Gasteiger partial charge in [0.15, 0.2) is 0 Å². The number of pyridine rings is 1. The second-order valence-corrected chi connectivity index (χ2v) is 6.11. The molecular formula is C16H21Cl2N5O. The van der Waals surface area contributed by atoms with E-state index in [4.69, 9.17) is 11.6 Å². The van der Waals surface area contributed by atoms with Crippen LogP contribution in [0, 0.1) is 13.8 Å². The number of amides is 1. The quantitative estimate of drug-likeness (QED) is 0.899. The van der Waals surface area contributed by atoms with Crippen molar-refractivity contribution in [1.82, 2.24) is 25.0 Å². The van der Waals surface area contributed by atoms with E-state index in [1.165, 1.54) is 0 Å². The minimum absolute atomic E-state index is 0. The van der Waals surface area contributed by atoms with Gasteiger partial charge in [0.25, 0.3) is 0 Å². The normalized spacial score (nSPS) is 17.5. The molecule has 8 heteroatoms. The Kier molecular flexibility index (Phi) is 6.21. The molecule has 1 fully saturated rings. The Morgan fingerprint density at radius 1 is 1.46 bits per heavy atom. The van der Waals surface area contributed by atoms with E-state index < -0.39 is 0 Å². The van der Waals surface area contributed by atoms with Gasteiger partial charge in [0.05, 0.1) is 22.5 Å². The minimum atomic E-state index is -0.00242. The van der Waals surface area contributed by atoms with Crippen molar-refractivity contribution in [2.75, 3.05) is 19.6 Å². The lowest BCUT2D eigenvalue weighted by molar-refractivity contribution is -0.135. The average Bonchev–Trinajstić information content (AvgIpc) is 2.82. The van der Waals surface area contributed by atoms with Gasteiger partial charge in [-0.1, -0.05) is 17.7 Å². The molecular weight excluding hydrogens is 349 g/mol. The van der Waals surface area contributed by atoms with Crippen LogP contribution in [0.3, 0.4) is 0 Å².